The smallest absolute Gasteiger partial charge is 0.328 e. The number of hydrogen-bond donors (Lipinski definition) is 5. The number of amides is 4. The molecule has 3 atom stereocenters. The van der Waals surface area contributed by atoms with E-state index < -0.39 is 42.0 Å². The molecule has 1 fully saturated rings. The summed E-state index contributed by atoms with van der Waals surface area (Å²) in [5, 5.41) is 24.3. The molecule has 106 valence electrons. The van der Waals surface area contributed by atoms with E-state index in [1.165, 1.54) is 6.92 Å². The van der Waals surface area contributed by atoms with E-state index in [0.717, 1.165) is 0 Å². The van der Waals surface area contributed by atoms with Crippen molar-refractivity contribution in [3.05, 3.63) is 0 Å². The second kappa shape index (κ2) is 6.14. The Kier molecular flexibility index (Phi) is 4.81. The van der Waals surface area contributed by atoms with E-state index in [9.17, 15) is 24.3 Å². The van der Waals surface area contributed by atoms with Crippen LogP contribution in [0.25, 0.3) is 0 Å². The lowest BCUT2D eigenvalue weighted by molar-refractivity contribution is -0.141. The summed E-state index contributed by atoms with van der Waals surface area (Å²) < 4.78 is 0. The molecule has 1 saturated heterocycles. The maximum absolute atomic E-state index is 11.5. The minimum atomic E-state index is -1.48. The molecular formula is C10H15N3O6. The summed E-state index contributed by atoms with van der Waals surface area (Å²) in [6, 6.07) is -3.28. The number of aliphatic carboxylic acids is 1. The third-order valence-electron chi connectivity index (χ3n) is 2.58. The van der Waals surface area contributed by atoms with Crippen molar-refractivity contribution < 1.29 is 29.4 Å². The van der Waals surface area contributed by atoms with Crippen molar-refractivity contribution in [1.29, 1.82) is 0 Å². The molecule has 1 aliphatic heterocycles. The molecule has 5 N–H and O–H groups in total. The van der Waals surface area contributed by atoms with Crippen molar-refractivity contribution in [3.8, 4) is 0 Å². The minimum Gasteiger partial charge on any atom is -0.480 e. The van der Waals surface area contributed by atoms with Crippen LogP contribution in [0.3, 0.4) is 0 Å². The average Bonchev–Trinajstić information content (AvgIpc) is 2.29. The standard InChI is InChI=1S/C10H15N3O6/c1-4(14)7(9(17)18)13-10(19)11-5-2-3-6(15)12-8(5)16/h4-5,7,14H,2-3H2,1H3,(H,17,18)(H2,11,13,19)(H,12,15,16). The highest BCUT2D eigenvalue weighted by Gasteiger charge is 2.30. The normalized spacial score (nSPS) is 22.1. The highest BCUT2D eigenvalue weighted by atomic mass is 16.4. The van der Waals surface area contributed by atoms with E-state index in [1.807, 2.05) is 10.6 Å². The number of aliphatic hydroxyl groups excluding tert-OH is 1. The number of nitrogens with one attached hydrogen (secondary N) is 3. The van der Waals surface area contributed by atoms with Crippen LogP contribution < -0.4 is 16.0 Å². The molecule has 0 aromatic carbocycles. The van der Waals surface area contributed by atoms with Crippen LogP contribution in [-0.4, -0.2) is 52.2 Å². The van der Waals surface area contributed by atoms with Gasteiger partial charge >= 0.3 is 12.0 Å². The minimum absolute atomic E-state index is 0.0927. The van der Waals surface area contributed by atoms with Gasteiger partial charge in [-0.15, -0.1) is 0 Å². The Hall–Kier alpha value is -2.16. The Bertz CT molecular complexity index is 408. The molecule has 0 spiro atoms. The van der Waals surface area contributed by atoms with E-state index in [-0.39, 0.29) is 12.8 Å². The number of rotatable bonds is 4. The van der Waals surface area contributed by atoms with E-state index >= 15 is 0 Å². The number of piperidine rings is 1. The van der Waals surface area contributed by atoms with Gasteiger partial charge in [-0.1, -0.05) is 0 Å². The van der Waals surface area contributed by atoms with Crippen molar-refractivity contribution in [2.75, 3.05) is 0 Å². The lowest BCUT2D eigenvalue weighted by Crippen LogP contribution is -2.57. The number of carboxylic acids is 1. The van der Waals surface area contributed by atoms with Gasteiger partial charge < -0.3 is 20.8 Å². The quantitative estimate of drug-likeness (QED) is 0.372. The van der Waals surface area contributed by atoms with Crippen molar-refractivity contribution in [2.24, 2.45) is 0 Å². The van der Waals surface area contributed by atoms with Gasteiger partial charge in [-0.05, 0) is 13.3 Å². The lowest BCUT2D eigenvalue weighted by Gasteiger charge is -2.23. The predicted octanol–water partition coefficient (Wildman–Crippen LogP) is -2.08. The third kappa shape index (κ3) is 4.21. The zero-order valence-electron chi connectivity index (χ0n) is 10.2. The van der Waals surface area contributed by atoms with E-state index in [2.05, 4.69) is 5.32 Å². The molecule has 0 saturated carbocycles. The maximum Gasteiger partial charge on any atom is 0.328 e. The molecule has 3 unspecified atom stereocenters. The van der Waals surface area contributed by atoms with Gasteiger partial charge in [0.05, 0.1) is 6.10 Å². The molecule has 0 aliphatic carbocycles. The fourth-order valence-electron chi connectivity index (χ4n) is 1.56. The molecule has 1 aliphatic rings. The number of aliphatic hydroxyl groups is 1. The largest absolute Gasteiger partial charge is 0.480 e. The zero-order chi connectivity index (χ0) is 14.6. The Morgan fingerprint density at radius 3 is 2.53 bits per heavy atom. The van der Waals surface area contributed by atoms with Crippen molar-refractivity contribution in [1.82, 2.24) is 16.0 Å². The van der Waals surface area contributed by atoms with E-state index in [1.54, 1.807) is 0 Å². The van der Waals surface area contributed by atoms with Crippen molar-refractivity contribution in [2.45, 2.75) is 38.0 Å². The molecule has 0 aromatic rings. The van der Waals surface area contributed by atoms with Gasteiger partial charge in [0, 0.05) is 6.42 Å². The summed E-state index contributed by atoms with van der Waals surface area (Å²) >= 11 is 0. The maximum atomic E-state index is 11.5. The molecule has 1 heterocycles. The second-order valence-corrected chi connectivity index (χ2v) is 4.18. The summed E-state index contributed by atoms with van der Waals surface area (Å²) in [7, 11) is 0. The van der Waals surface area contributed by atoms with Gasteiger partial charge in [0.25, 0.3) is 0 Å². The SMILES string of the molecule is CC(O)C(NC(=O)NC1CCC(=O)NC1=O)C(=O)O. The topological polar surface area (TPSA) is 145 Å². The first-order chi connectivity index (χ1) is 8.81. The van der Waals surface area contributed by atoms with Gasteiger partial charge in [-0.2, -0.15) is 0 Å². The summed E-state index contributed by atoms with van der Waals surface area (Å²) in [5.74, 6) is -2.46. The molecule has 19 heavy (non-hydrogen) atoms. The summed E-state index contributed by atoms with van der Waals surface area (Å²) in [6.45, 7) is 1.21. The molecule has 1 rings (SSSR count). The zero-order valence-corrected chi connectivity index (χ0v) is 10.2. The van der Waals surface area contributed by atoms with Crippen LogP contribution in [0.1, 0.15) is 19.8 Å². The first-order valence-electron chi connectivity index (χ1n) is 5.63. The van der Waals surface area contributed by atoms with Gasteiger partial charge in [0.15, 0.2) is 6.04 Å². The van der Waals surface area contributed by atoms with Crippen LogP contribution in [-0.2, 0) is 14.4 Å². The Morgan fingerprint density at radius 1 is 1.42 bits per heavy atom. The highest BCUT2D eigenvalue weighted by molar-refractivity contribution is 6.01. The number of carbonyl (C=O) groups is 4. The van der Waals surface area contributed by atoms with Crippen LogP contribution >= 0.6 is 0 Å². The van der Waals surface area contributed by atoms with Gasteiger partial charge in [-0.25, -0.2) is 9.59 Å². The Labute approximate surface area is 108 Å². The predicted molar refractivity (Wildman–Crippen MR) is 60.9 cm³/mol. The Morgan fingerprint density at radius 2 is 2.05 bits per heavy atom. The molecule has 9 heteroatoms. The number of imide groups is 1. The van der Waals surface area contributed by atoms with Crippen molar-refractivity contribution in [3.63, 3.8) is 0 Å². The van der Waals surface area contributed by atoms with E-state index in [4.69, 9.17) is 5.11 Å². The van der Waals surface area contributed by atoms with Crippen LogP contribution in [0, 0.1) is 0 Å². The number of urea groups is 1. The number of carboxylic acid groups (broad SMARTS) is 1. The first-order valence-corrected chi connectivity index (χ1v) is 5.63. The van der Waals surface area contributed by atoms with Crippen LogP contribution in [0.2, 0.25) is 0 Å². The number of hydrogen-bond acceptors (Lipinski definition) is 5. The van der Waals surface area contributed by atoms with Crippen LogP contribution in [0.5, 0.6) is 0 Å². The first kappa shape index (κ1) is 14.9. The highest BCUT2D eigenvalue weighted by Crippen LogP contribution is 2.04. The monoisotopic (exact) mass is 273 g/mol. The molecule has 0 aromatic heterocycles. The van der Waals surface area contributed by atoms with Gasteiger partial charge in [-0.3, -0.25) is 14.9 Å². The lowest BCUT2D eigenvalue weighted by atomic mass is 10.1. The Balaban J connectivity index is 2.53. The third-order valence-corrected chi connectivity index (χ3v) is 2.58. The number of carbonyl (C=O) groups excluding carboxylic acids is 3. The van der Waals surface area contributed by atoms with Crippen LogP contribution in [0.15, 0.2) is 0 Å². The summed E-state index contributed by atoms with van der Waals surface area (Å²) in [4.78, 5) is 44.5. The van der Waals surface area contributed by atoms with Gasteiger partial charge in [0.2, 0.25) is 11.8 Å². The fraction of sp³-hybridized carbons (Fsp3) is 0.600. The molecule has 9 nitrogen and oxygen atoms in total. The fourth-order valence-corrected chi connectivity index (χ4v) is 1.56. The second-order valence-electron chi connectivity index (χ2n) is 4.18. The summed E-state index contributed by atoms with van der Waals surface area (Å²) in [5.41, 5.74) is 0. The molecular weight excluding hydrogens is 258 g/mol. The summed E-state index contributed by atoms with van der Waals surface area (Å²) in [6.07, 6.45) is -1.05. The van der Waals surface area contributed by atoms with Crippen LogP contribution in [0.4, 0.5) is 4.79 Å². The average molecular weight is 273 g/mol. The van der Waals surface area contributed by atoms with E-state index in [0.29, 0.717) is 0 Å². The molecule has 0 radical (unpaired) electrons. The molecule has 0 bridgehead atoms. The van der Waals surface area contributed by atoms with Crippen molar-refractivity contribution >= 4 is 23.8 Å². The van der Waals surface area contributed by atoms with Gasteiger partial charge in [0.1, 0.15) is 6.04 Å². The molecule has 4 amide bonds.